The van der Waals surface area contributed by atoms with Crippen LogP contribution >= 0.6 is 11.6 Å². The van der Waals surface area contributed by atoms with E-state index in [1.54, 1.807) is 0 Å². The van der Waals surface area contributed by atoms with E-state index < -0.39 is 29.7 Å². The Morgan fingerprint density at radius 2 is 1.63 bits per heavy atom. The zero-order valence-corrected chi connectivity index (χ0v) is 21.1. The number of benzene rings is 3. The van der Waals surface area contributed by atoms with Crippen LogP contribution in [0.4, 0.5) is 11.4 Å². The van der Waals surface area contributed by atoms with E-state index in [9.17, 15) is 24.0 Å². The summed E-state index contributed by atoms with van der Waals surface area (Å²) in [6.07, 6.45) is 0.148. The van der Waals surface area contributed by atoms with Gasteiger partial charge in [-0.05, 0) is 55.0 Å². The molecule has 1 heterocycles. The molecular weight excluding hydrogens is 510 g/mol. The van der Waals surface area contributed by atoms with Gasteiger partial charge in [0.1, 0.15) is 19.1 Å². The molecule has 1 saturated heterocycles. The van der Waals surface area contributed by atoms with Gasteiger partial charge in [-0.25, -0.2) is 4.79 Å². The monoisotopic (exact) mass is 533 g/mol. The maximum absolute atomic E-state index is 13.4. The van der Waals surface area contributed by atoms with Crippen LogP contribution in [-0.4, -0.2) is 58.6 Å². The zero-order chi connectivity index (χ0) is 27.4. The van der Waals surface area contributed by atoms with Crippen LogP contribution < -0.4 is 10.2 Å². The zero-order valence-electron chi connectivity index (χ0n) is 20.4. The lowest BCUT2D eigenvalue weighted by atomic mass is 10.0. The summed E-state index contributed by atoms with van der Waals surface area (Å²) in [7, 11) is 0. The van der Waals surface area contributed by atoms with Crippen molar-refractivity contribution in [1.82, 2.24) is 4.90 Å². The Hall–Kier alpha value is -4.50. The predicted molar refractivity (Wildman–Crippen MR) is 141 cm³/mol. The van der Waals surface area contributed by atoms with E-state index >= 15 is 0 Å². The lowest BCUT2D eigenvalue weighted by Gasteiger charge is -2.38. The van der Waals surface area contributed by atoms with Gasteiger partial charge in [-0.1, -0.05) is 41.9 Å². The van der Waals surface area contributed by atoms with Crippen molar-refractivity contribution in [2.24, 2.45) is 0 Å². The van der Waals surface area contributed by atoms with Crippen LogP contribution in [0.2, 0.25) is 5.02 Å². The third kappa shape index (κ3) is 5.90. The maximum atomic E-state index is 13.4. The molecule has 0 radical (unpaired) electrons. The number of anilines is 2. The van der Waals surface area contributed by atoms with Gasteiger partial charge in [0.15, 0.2) is 5.78 Å². The van der Waals surface area contributed by atoms with Gasteiger partial charge in [0, 0.05) is 22.7 Å². The highest BCUT2D eigenvalue weighted by Gasteiger charge is 2.39. The summed E-state index contributed by atoms with van der Waals surface area (Å²) in [4.78, 5) is 65.8. The number of aromatic carboxylic acids is 1. The quantitative estimate of drug-likeness (QED) is 0.426. The van der Waals surface area contributed by atoms with Gasteiger partial charge in [0.05, 0.1) is 11.3 Å². The number of carbonyl (C=O) groups excluding carboxylic acids is 4. The van der Waals surface area contributed by atoms with Crippen LogP contribution in [0.5, 0.6) is 0 Å². The highest BCUT2D eigenvalue weighted by atomic mass is 35.5. The Morgan fingerprint density at radius 1 is 0.947 bits per heavy atom. The highest BCUT2D eigenvalue weighted by Crippen LogP contribution is 2.28. The Balaban J connectivity index is 1.61. The van der Waals surface area contributed by atoms with Gasteiger partial charge >= 0.3 is 5.97 Å². The minimum Gasteiger partial charge on any atom is -0.478 e. The summed E-state index contributed by atoms with van der Waals surface area (Å²) in [6, 6.07) is 18.2. The second-order valence-electron chi connectivity index (χ2n) is 8.80. The number of piperazine rings is 1. The third-order valence-corrected chi connectivity index (χ3v) is 6.44. The standard InChI is InChI=1S/C28H24ClN3O6/c1-17(33)22-12-9-20(29)14-23(22)31-15-26(35)32(16-25(31)34)24(13-18-5-3-2-4-6-18)27(36)30-21-10-7-19(8-11-21)28(37)38/h2-12,14,24H,13,15-16H2,1H3,(H,30,36)(H,37,38). The molecule has 194 valence electrons. The molecule has 4 rings (SSSR count). The lowest BCUT2D eigenvalue weighted by Crippen LogP contribution is -2.60. The number of halogens is 1. The number of carboxylic acid groups (broad SMARTS) is 1. The number of nitrogens with one attached hydrogen (secondary N) is 1. The number of carboxylic acids is 1. The molecule has 1 atom stereocenters. The molecule has 2 N–H and O–H groups in total. The molecule has 1 unspecified atom stereocenters. The van der Waals surface area contributed by atoms with E-state index in [1.165, 1.54) is 59.2 Å². The summed E-state index contributed by atoms with van der Waals surface area (Å²) in [5.74, 6) is -2.85. The topological polar surface area (TPSA) is 124 Å². The molecule has 0 saturated carbocycles. The van der Waals surface area contributed by atoms with E-state index in [0.29, 0.717) is 10.7 Å². The fourth-order valence-electron chi connectivity index (χ4n) is 4.27. The molecule has 0 aliphatic carbocycles. The predicted octanol–water partition coefficient (Wildman–Crippen LogP) is 3.67. The molecule has 38 heavy (non-hydrogen) atoms. The summed E-state index contributed by atoms with van der Waals surface area (Å²) < 4.78 is 0. The van der Waals surface area contributed by atoms with Crippen molar-refractivity contribution in [1.29, 1.82) is 0 Å². The molecule has 1 aliphatic heterocycles. The van der Waals surface area contributed by atoms with Gasteiger partial charge < -0.3 is 20.2 Å². The fourth-order valence-corrected chi connectivity index (χ4v) is 4.43. The van der Waals surface area contributed by atoms with Crippen molar-refractivity contribution in [2.45, 2.75) is 19.4 Å². The lowest BCUT2D eigenvalue weighted by molar-refractivity contribution is -0.143. The average Bonchev–Trinajstić information content (AvgIpc) is 2.89. The van der Waals surface area contributed by atoms with E-state index in [-0.39, 0.29) is 42.1 Å². The van der Waals surface area contributed by atoms with Crippen LogP contribution in [0, 0.1) is 0 Å². The van der Waals surface area contributed by atoms with Crippen LogP contribution in [-0.2, 0) is 20.8 Å². The first kappa shape index (κ1) is 26.6. The SMILES string of the molecule is CC(=O)c1ccc(Cl)cc1N1CC(=O)N(C(Cc2ccccc2)C(=O)Nc2ccc(C(=O)O)cc2)CC1=O. The number of carbonyl (C=O) groups is 5. The van der Waals surface area contributed by atoms with Crippen molar-refractivity contribution >= 4 is 52.4 Å². The first-order valence-corrected chi connectivity index (χ1v) is 12.1. The van der Waals surface area contributed by atoms with E-state index in [4.69, 9.17) is 16.7 Å². The van der Waals surface area contributed by atoms with Crippen LogP contribution in [0.15, 0.2) is 72.8 Å². The molecule has 0 bridgehead atoms. The number of amides is 3. The summed E-state index contributed by atoms with van der Waals surface area (Å²) in [5.41, 5.74) is 1.69. The van der Waals surface area contributed by atoms with Gasteiger partial charge in [0.2, 0.25) is 17.7 Å². The van der Waals surface area contributed by atoms with Gasteiger partial charge in [0.25, 0.3) is 0 Å². The number of rotatable bonds is 8. The Kier molecular flexibility index (Phi) is 7.87. The van der Waals surface area contributed by atoms with Crippen molar-refractivity contribution in [2.75, 3.05) is 23.3 Å². The van der Waals surface area contributed by atoms with E-state index in [0.717, 1.165) is 5.56 Å². The average molecular weight is 534 g/mol. The molecule has 0 spiro atoms. The Morgan fingerprint density at radius 3 is 2.26 bits per heavy atom. The number of Topliss-reactive ketones (excluding diaryl/α,β-unsaturated/α-hetero) is 1. The van der Waals surface area contributed by atoms with Gasteiger partial charge in [-0.15, -0.1) is 0 Å². The molecule has 3 aromatic rings. The summed E-state index contributed by atoms with van der Waals surface area (Å²) in [5, 5.41) is 12.1. The number of nitrogens with zero attached hydrogens (tertiary/aromatic N) is 2. The molecule has 0 aromatic heterocycles. The minimum absolute atomic E-state index is 0.0617. The Labute approximate surface area is 223 Å². The number of hydrogen-bond acceptors (Lipinski definition) is 5. The van der Waals surface area contributed by atoms with Crippen LogP contribution in [0.1, 0.15) is 33.2 Å². The van der Waals surface area contributed by atoms with Crippen molar-refractivity contribution < 1.29 is 29.1 Å². The molecule has 3 amide bonds. The Bertz CT molecular complexity index is 1410. The second-order valence-corrected chi connectivity index (χ2v) is 9.23. The second kappa shape index (κ2) is 11.3. The van der Waals surface area contributed by atoms with E-state index in [1.807, 2.05) is 30.3 Å². The summed E-state index contributed by atoms with van der Waals surface area (Å²) >= 11 is 6.11. The minimum atomic E-state index is -1.10. The largest absolute Gasteiger partial charge is 0.478 e. The molecule has 9 nitrogen and oxygen atoms in total. The molecule has 10 heteroatoms. The normalized spacial score (nSPS) is 14.3. The molecule has 1 aliphatic rings. The van der Waals surface area contributed by atoms with Gasteiger partial charge in [-0.3, -0.25) is 19.2 Å². The molecular formula is C28H24ClN3O6. The molecule has 1 fully saturated rings. The smallest absolute Gasteiger partial charge is 0.335 e. The third-order valence-electron chi connectivity index (χ3n) is 6.20. The summed E-state index contributed by atoms with van der Waals surface area (Å²) in [6.45, 7) is 0.607. The first-order valence-electron chi connectivity index (χ1n) is 11.7. The van der Waals surface area contributed by atoms with Crippen LogP contribution in [0.25, 0.3) is 0 Å². The number of ketones is 1. The van der Waals surface area contributed by atoms with Crippen molar-refractivity contribution in [3.8, 4) is 0 Å². The molecule has 3 aromatic carbocycles. The van der Waals surface area contributed by atoms with Crippen molar-refractivity contribution in [3.63, 3.8) is 0 Å². The van der Waals surface area contributed by atoms with E-state index in [2.05, 4.69) is 5.32 Å². The fraction of sp³-hybridized carbons (Fsp3) is 0.179. The van der Waals surface area contributed by atoms with Crippen LogP contribution in [0.3, 0.4) is 0 Å². The number of hydrogen-bond donors (Lipinski definition) is 2. The first-order chi connectivity index (χ1) is 18.1. The van der Waals surface area contributed by atoms with Gasteiger partial charge in [-0.2, -0.15) is 0 Å². The highest BCUT2D eigenvalue weighted by molar-refractivity contribution is 6.31. The maximum Gasteiger partial charge on any atom is 0.335 e. The van der Waals surface area contributed by atoms with Crippen molar-refractivity contribution in [3.05, 3.63) is 94.5 Å².